The molecule has 0 aliphatic carbocycles. The summed E-state index contributed by atoms with van der Waals surface area (Å²) in [7, 11) is 0. The van der Waals surface area contributed by atoms with Crippen LogP contribution in [0.1, 0.15) is 47.0 Å². The van der Waals surface area contributed by atoms with Gasteiger partial charge in [-0.3, -0.25) is 0 Å². The molecule has 5 nitrogen and oxygen atoms in total. The Bertz CT molecular complexity index is 255. The Balaban J connectivity index is 3.82. The van der Waals surface area contributed by atoms with Gasteiger partial charge in [-0.1, -0.05) is 32.3 Å². The fourth-order valence-electron chi connectivity index (χ4n) is 1.93. The van der Waals surface area contributed by atoms with Crippen LogP contribution in [0.25, 0.3) is 0 Å². The molecular formula is C14H31N3O2. The van der Waals surface area contributed by atoms with E-state index < -0.39 is 0 Å². The van der Waals surface area contributed by atoms with E-state index in [0.717, 1.165) is 52.1 Å². The molecule has 114 valence electrons. The lowest BCUT2D eigenvalue weighted by Gasteiger charge is -2.24. The minimum Gasteiger partial charge on any atom is -0.409 e. The van der Waals surface area contributed by atoms with E-state index in [1.54, 1.807) is 0 Å². The molecule has 0 spiro atoms. The lowest BCUT2D eigenvalue weighted by molar-refractivity contribution is 0.114. The van der Waals surface area contributed by atoms with Crippen LogP contribution in [0.3, 0.4) is 0 Å². The Morgan fingerprint density at radius 2 is 1.95 bits per heavy atom. The molecule has 0 bridgehead atoms. The molecular weight excluding hydrogens is 242 g/mol. The van der Waals surface area contributed by atoms with E-state index in [0.29, 0.717) is 5.84 Å². The van der Waals surface area contributed by atoms with Gasteiger partial charge in [0.1, 0.15) is 5.84 Å². The van der Waals surface area contributed by atoms with Gasteiger partial charge in [0, 0.05) is 18.6 Å². The Morgan fingerprint density at radius 1 is 1.26 bits per heavy atom. The molecule has 0 radical (unpaired) electrons. The Hall–Kier alpha value is -0.810. The summed E-state index contributed by atoms with van der Waals surface area (Å²) in [5, 5.41) is 11.8. The van der Waals surface area contributed by atoms with E-state index in [9.17, 15) is 0 Å². The van der Waals surface area contributed by atoms with Crippen molar-refractivity contribution in [1.82, 2.24) is 4.90 Å². The van der Waals surface area contributed by atoms with E-state index in [4.69, 9.17) is 15.7 Å². The van der Waals surface area contributed by atoms with Crippen molar-refractivity contribution < 1.29 is 9.94 Å². The summed E-state index contributed by atoms with van der Waals surface area (Å²) >= 11 is 0. The molecule has 0 unspecified atom stereocenters. The second-order valence-corrected chi connectivity index (χ2v) is 5.46. The number of likely N-dealkylation sites (N-methyl/N-ethyl adjacent to an activating group) is 1. The minimum absolute atomic E-state index is 0.225. The maximum atomic E-state index is 8.71. The molecule has 0 aliphatic rings. The number of unbranched alkanes of at least 4 members (excludes halogenated alkanes) is 1. The Morgan fingerprint density at radius 3 is 2.47 bits per heavy atom. The molecule has 0 aromatic carbocycles. The van der Waals surface area contributed by atoms with Crippen molar-refractivity contribution in [1.29, 1.82) is 0 Å². The van der Waals surface area contributed by atoms with Crippen LogP contribution in [0.5, 0.6) is 0 Å². The summed E-state index contributed by atoms with van der Waals surface area (Å²) in [6.07, 6.45) is 3.14. The molecule has 0 heterocycles. The monoisotopic (exact) mass is 273 g/mol. The number of rotatable bonds is 11. The number of oxime groups is 1. The van der Waals surface area contributed by atoms with Crippen LogP contribution in [-0.2, 0) is 4.74 Å². The number of hydrogen-bond donors (Lipinski definition) is 2. The third kappa shape index (κ3) is 8.06. The van der Waals surface area contributed by atoms with Crippen molar-refractivity contribution >= 4 is 5.84 Å². The molecule has 5 heteroatoms. The van der Waals surface area contributed by atoms with Crippen molar-refractivity contribution in [3.05, 3.63) is 0 Å². The highest BCUT2D eigenvalue weighted by Crippen LogP contribution is 2.23. The second-order valence-electron chi connectivity index (χ2n) is 5.46. The predicted molar refractivity (Wildman–Crippen MR) is 79.6 cm³/mol. The quantitative estimate of drug-likeness (QED) is 0.199. The number of hydrogen-bond acceptors (Lipinski definition) is 4. The molecule has 0 amide bonds. The van der Waals surface area contributed by atoms with Crippen LogP contribution >= 0.6 is 0 Å². The van der Waals surface area contributed by atoms with Gasteiger partial charge >= 0.3 is 0 Å². The van der Waals surface area contributed by atoms with Gasteiger partial charge in [-0.05, 0) is 32.9 Å². The summed E-state index contributed by atoms with van der Waals surface area (Å²) < 4.78 is 5.37. The molecule has 0 aromatic heterocycles. The molecule has 0 aliphatic heterocycles. The van der Waals surface area contributed by atoms with Gasteiger partial charge in [-0.15, -0.1) is 0 Å². The third-order valence-electron chi connectivity index (χ3n) is 3.53. The van der Waals surface area contributed by atoms with Crippen molar-refractivity contribution in [2.75, 3.05) is 32.8 Å². The first kappa shape index (κ1) is 18.2. The fraction of sp³-hybridized carbons (Fsp3) is 0.929. The van der Waals surface area contributed by atoms with Gasteiger partial charge in [0.05, 0.1) is 6.61 Å². The van der Waals surface area contributed by atoms with Crippen molar-refractivity contribution in [3.63, 3.8) is 0 Å². The smallest absolute Gasteiger partial charge is 0.144 e. The molecule has 0 rings (SSSR count). The van der Waals surface area contributed by atoms with Crippen LogP contribution in [0.15, 0.2) is 5.16 Å². The SMILES string of the molecule is CCOCCN(CC)CCCCC(C)(C)C(N)=NO. The first-order valence-electron chi connectivity index (χ1n) is 7.26. The highest BCUT2D eigenvalue weighted by Gasteiger charge is 2.22. The second kappa shape index (κ2) is 10.0. The zero-order valence-electron chi connectivity index (χ0n) is 13.0. The van der Waals surface area contributed by atoms with Gasteiger partial charge in [0.15, 0.2) is 0 Å². The lowest BCUT2D eigenvalue weighted by atomic mass is 9.86. The number of amidine groups is 1. The zero-order chi connectivity index (χ0) is 14.7. The van der Waals surface area contributed by atoms with Crippen LogP contribution in [0, 0.1) is 5.41 Å². The van der Waals surface area contributed by atoms with Crippen molar-refractivity contribution in [2.24, 2.45) is 16.3 Å². The molecule has 0 atom stereocenters. The number of nitrogens with zero attached hydrogens (tertiary/aromatic N) is 2. The van der Waals surface area contributed by atoms with E-state index in [2.05, 4.69) is 17.0 Å². The maximum absolute atomic E-state index is 8.71. The number of nitrogens with two attached hydrogens (primary N) is 1. The Labute approximate surface area is 117 Å². The van der Waals surface area contributed by atoms with Gasteiger partial charge < -0.3 is 20.6 Å². The normalized spacial score (nSPS) is 13.2. The summed E-state index contributed by atoms with van der Waals surface area (Å²) in [6.45, 7) is 12.9. The minimum atomic E-state index is -0.225. The van der Waals surface area contributed by atoms with Gasteiger partial charge in [-0.2, -0.15) is 0 Å². The average molecular weight is 273 g/mol. The molecule has 0 fully saturated rings. The highest BCUT2D eigenvalue weighted by molar-refractivity contribution is 5.85. The van der Waals surface area contributed by atoms with Crippen LogP contribution in [0.2, 0.25) is 0 Å². The van der Waals surface area contributed by atoms with Crippen LogP contribution in [-0.4, -0.2) is 48.8 Å². The predicted octanol–water partition coefficient (Wildman–Crippen LogP) is 2.29. The van der Waals surface area contributed by atoms with Crippen molar-refractivity contribution in [2.45, 2.75) is 47.0 Å². The maximum Gasteiger partial charge on any atom is 0.144 e. The van der Waals surface area contributed by atoms with E-state index in [1.807, 2.05) is 20.8 Å². The largest absolute Gasteiger partial charge is 0.409 e. The standard InChI is InChI=1S/C14H31N3O2/c1-5-17(11-12-19-6-2)10-8-7-9-14(3,4)13(15)16-18/h18H,5-12H2,1-4H3,(H2,15,16). The van der Waals surface area contributed by atoms with E-state index >= 15 is 0 Å². The Kier molecular flexibility index (Phi) is 9.61. The summed E-state index contributed by atoms with van der Waals surface area (Å²) in [5.41, 5.74) is 5.45. The van der Waals surface area contributed by atoms with Gasteiger partial charge in [-0.25, -0.2) is 0 Å². The average Bonchev–Trinajstić information content (AvgIpc) is 2.40. The van der Waals surface area contributed by atoms with Crippen molar-refractivity contribution in [3.8, 4) is 0 Å². The summed E-state index contributed by atoms with van der Waals surface area (Å²) in [6, 6.07) is 0. The first-order valence-corrected chi connectivity index (χ1v) is 7.26. The summed E-state index contributed by atoms with van der Waals surface area (Å²) in [5.74, 6) is 0.316. The molecule has 3 N–H and O–H groups in total. The van der Waals surface area contributed by atoms with Crippen LogP contribution < -0.4 is 5.73 Å². The molecule has 0 saturated carbocycles. The molecule has 0 aromatic rings. The zero-order valence-corrected chi connectivity index (χ0v) is 13.0. The summed E-state index contributed by atoms with van der Waals surface area (Å²) in [4.78, 5) is 2.39. The topological polar surface area (TPSA) is 71.1 Å². The van der Waals surface area contributed by atoms with E-state index in [1.165, 1.54) is 0 Å². The fourth-order valence-corrected chi connectivity index (χ4v) is 1.93. The molecule has 19 heavy (non-hydrogen) atoms. The number of ether oxygens (including phenoxy) is 1. The molecule has 0 saturated heterocycles. The van der Waals surface area contributed by atoms with Gasteiger partial charge in [0.2, 0.25) is 0 Å². The van der Waals surface area contributed by atoms with Crippen LogP contribution in [0.4, 0.5) is 0 Å². The highest BCUT2D eigenvalue weighted by atomic mass is 16.5. The van der Waals surface area contributed by atoms with E-state index in [-0.39, 0.29) is 5.41 Å². The third-order valence-corrected chi connectivity index (χ3v) is 3.53. The lowest BCUT2D eigenvalue weighted by Crippen LogP contribution is -2.32. The first-order chi connectivity index (χ1) is 8.97. The van der Waals surface area contributed by atoms with Gasteiger partial charge in [0.25, 0.3) is 0 Å².